The molecule has 0 radical (unpaired) electrons. The Hall–Kier alpha value is -1.66. The van der Waals surface area contributed by atoms with E-state index in [2.05, 4.69) is 9.88 Å². The van der Waals surface area contributed by atoms with Crippen LogP contribution in [-0.2, 0) is 16.4 Å². The van der Waals surface area contributed by atoms with Crippen molar-refractivity contribution in [2.24, 2.45) is 0 Å². The van der Waals surface area contributed by atoms with Crippen molar-refractivity contribution in [1.29, 1.82) is 0 Å². The molecule has 1 atom stereocenters. The van der Waals surface area contributed by atoms with Gasteiger partial charge in [-0.25, -0.2) is 13.4 Å². The number of oxazole rings is 1. The number of benzene rings is 1. The van der Waals surface area contributed by atoms with Crippen molar-refractivity contribution in [3.63, 3.8) is 0 Å². The summed E-state index contributed by atoms with van der Waals surface area (Å²) in [5.41, 5.74) is 2.18. The van der Waals surface area contributed by atoms with E-state index in [1.54, 1.807) is 6.20 Å². The predicted octanol–water partition coefficient (Wildman–Crippen LogP) is 2.27. The highest BCUT2D eigenvalue weighted by atomic mass is 32.2. The highest BCUT2D eigenvalue weighted by Gasteiger charge is 2.28. The van der Waals surface area contributed by atoms with Gasteiger partial charge in [-0.15, -0.1) is 0 Å². The van der Waals surface area contributed by atoms with Gasteiger partial charge in [-0.05, 0) is 19.4 Å². The molecule has 0 bridgehead atoms. The van der Waals surface area contributed by atoms with Crippen molar-refractivity contribution in [2.45, 2.75) is 26.4 Å². The maximum absolute atomic E-state index is 11.6. The first kappa shape index (κ1) is 15.2. The number of aromatic nitrogens is 1. The molecule has 1 saturated heterocycles. The van der Waals surface area contributed by atoms with E-state index in [0.29, 0.717) is 19.0 Å². The molecule has 118 valence electrons. The van der Waals surface area contributed by atoms with Crippen molar-refractivity contribution in [2.75, 3.05) is 18.1 Å². The first-order valence-electron chi connectivity index (χ1n) is 7.40. The van der Waals surface area contributed by atoms with Gasteiger partial charge in [0.2, 0.25) is 5.89 Å². The third-order valence-corrected chi connectivity index (χ3v) is 5.91. The standard InChI is InChI=1S/C16H20N2O3S/c1-12-5-3-4-6-14(12)15-9-17-16(21-15)10-18-7-8-22(19,20)11-13(18)2/h3-6,9,13H,7-8,10-11H2,1-2H3/t13-/m1/s1. The van der Waals surface area contributed by atoms with E-state index < -0.39 is 9.84 Å². The molecular weight excluding hydrogens is 300 g/mol. The molecule has 1 aliphatic rings. The Morgan fingerprint density at radius 1 is 1.36 bits per heavy atom. The monoisotopic (exact) mass is 320 g/mol. The molecular formula is C16H20N2O3S. The van der Waals surface area contributed by atoms with E-state index in [9.17, 15) is 8.42 Å². The van der Waals surface area contributed by atoms with Crippen LogP contribution >= 0.6 is 0 Å². The first-order chi connectivity index (χ1) is 10.4. The molecule has 0 saturated carbocycles. The van der Waals surface area contributed by atoms with Crippen LogP contribution in [0.15, 0.2) is 34.9 Å². The number of hydrogen-bond acceptors (Lipinski definition) is 5. The molecule has 0 unspecified atom stereocenters. The van der Waals surface area contributed by atoms with Crippen molar-refractivity contribution < 1.29 is 12.8 Å². The van der Waals surface area contributed by atoms with Crippen molar-refractivity contribution in [3.05, 3.63) is 41.9 Å². The van der Waals surface area contributed by atoms with Crippen molar-refractivity contribution in [3.8, 4) is 11.3 Å². The molecule has 0 spiro atoms. The average Bonchev–Trinajstić information content (AvgIpc) is 2.90. The summed E-state index contributed by atoms with van der Waals surface area (Å²) < 4.78 is 29.1. The van der Waals surface area contributed by atoms with Crippen LogP contribution in [0.2, 0.25) is 0 Å². The molecule has 1 aromatic heterocycles. The lowest BCUT2D eigenvalue weighted by molar-refractivity contribution is 0.198. The van der Waals surface area contributed by atoms with Gasteiger partial charge >= 0.3 is 0 Å². The van der Waals surface area contributed by atoms with Gasteiger partial charge in [0.1, 0.15) is 0 Å². The maximum Gasteiger partial charge on any atom is 0.209 e. The minimum absolute atomic E-state index is 0.00689. The minimum Gasteiger partial charge on any atom is -0.439 e. The summed E-state index contributed by atoms with van der Waals surface area (Å²) in [6.07, 6.45) is 1.74. The summed E-state index contributed by atoms with van der Waals surface area (Å²) in [5, 5.41) is 0. The van der Waals surface area contributed by atoms with Crippen LogP contribution in [0.4, 0.5) is 0 Å². The minimum atomic E-state index is -2.89. The lowest BCUT2D eigenvalue weighted by Gasteiger charge is -2.31. The number of hydrogen-bond donors (Lipinski definition) is 0. The highest BCUT2D eigenvalue weighted by molar-refractivity contribution is 7.91. The normalized spacial score (nSPS) is 21.8. The molecule has 22 heavy (non-hydrogen) atoms. The molecule has 1 aromatic carbocycles. The SMILES string of the molecule is Cc1ccccc1-c1cnc(CN2CCS(=O)(=O)C[C@H]2C)o1. The summed E-state index contributed by atoms with van der Waals surface area (Å²) in [7, 11) is -2.89. The highest BCUT2D eigenvalue weighted by Crippen LogP contribution is 2.24. The third-order valence-electron chi connectivity index (χ3n) is 4.11. The summed E-state index contributed by atoms with van der Waals surface area (Å²) in [6.45, 7) is 5.05. The molecule has 0 amide bonds. The van der Waals surface area contributed by atoms with Gasteiger partial charge in [0, 0.05) is 18.2 Å². The first-order valence-corrected chi connectivity index (χ1v) is 9.22. The molecule has 2 aromatic rings. The molecule has 1 aliphatic heterocycles. The van der Waals surface area contributed by atoms with Crippen LogP contribution in [0.1, 0.15) is 18.4 Å². The fraction of sp³-hybridized carbons (Fsp3) is 0.438. The van der Waals surface area contributed by atoms with E-state index in [4.69, 9.17) is 4.42 Å². The van der Waals surface area contributed by atoms with Crippen LogP contribution in [-0.4, -0.2) is 42.4 Å². The smallest absolute Gasteiger partial charge is 0.209 e. The van der Waals surface area contributed by atoms with Gasteiger partial charge in [-0.3, -0.25) is 4.90 Å². The van der Waals surface area contributed by atoms with Gasteiger partial charge in [0.05, 0.1) is 24.2 Å². The number of rotatable bonds is 3. The second-order valence-corrected chi connectivity index (χ2v) is 8.10. The van der Waals surface area contributed by atoms with E-state index in [0.717, 1.165) is 16.9 Å². The van der Waals surface area contributed by atoms with Gasteiger partial charge in [0.15, 0.2) is 15.6 Å². The molecule has 3 rings (SSSR count). The third kappa shape index (κ3) is 3.23. The summed E-state index contributed by atoms with van der Waals surface area (Å²) in [5.74, 6) is 1.80. The number of aryl methyl sites for hydroxylation is 1. The lowest BCUT2D eigenvalue weighted by Crippen LogP contribution is -2.46. The van der Waals surface area contributed by atoms with Crippen LogP contribution in [0.25, 0.3) is 11.3 Å². The van der Waals surface area contributed by atoms with E-state index in [-0.39, 0.29) is 17.5 Å². The maximum atomic E-state index is 11.6. The average molecular weight is 320 g/mol. The molecule has 2 heterocycles. The Morgan fingerprint density at radius 2 is 2.14 bits per heavy atom. The van der Waals surface area contributed by atoms with E-state index >= 15 is 0 Å². The second kappa shape index (κ2) is 5.85. The summed E-state index contributed by atoms with van der Waals surface area (Å²) in [4.78, 5) is 6.45. The Kier molecular flexibility index (Phi) is 4.06. The van der Waals surface area contributed by atoms with Gasteiger partial charge in [-0.1, -0.05) is 24.3 Å². The molecule has 6 heteroatoms. The van der Waals surface area contributed by atoms with Crippen LogP contribution < -0.4 is 0 Å². The van der Waals surface area contributed by atoms with Crippen LogP contribution in [0.3, 0.4) is 0 Å². The van der Waals surface area contributed by atoms with Gasteiger partial charge < -0.3 is 4.42 Å². The van der Waals surface area contributed by atoms with Crippen LogP contribution in [0.5, 0.6) is 0 Å². The van der Waals surface area contributed by atoms with Gasteiger partial charge in [-0.2, -0.15) is 0 Å². The zero-order valence-corrected chi connectivity index (χ0v) is 13.6. The number of nitrogens with zero attached hydrogens (tertiary/aromatic N) is 2. The van der Waals surface area contributed by atoms with Crippen molar-refractivity contribution in [1.82, 2.24) is 9.88 Å². The fourth-order valence-corrected chi connectivity index (χ4v) is 4.42. The van der Waals surface area contributed by atoms with E-state index in [1.807, 2.05) is 38.1 Å². The fourth-order valence-electron chi connectivity index (χ4n) is 2.80. The van der Waals surface area contributed by atoms with Crippen LogP contribution in [0, 0.1) is 6.92 Å². The Labute approximate surface area is 130 Å². The molecule has 5 nitrogen and oxygen atoms in total. The largest absolute Gasteiger partial charge is 0.439 e. The van der Waals surface area contributed by atoms with Crippen molar-refractivity contribution >= 4 is 9.84 Å². The Balaban J connectivity index is 1.74. The lowest BCUT2D eigenvalue weighted by atomic mass is 10.1. The molecule has 0 N–H and O–H groups in total. The topological polar surface area (TPSA) is 63.4 Å². The Bertz CT molecular complexity index is 767. The Morgan fingerprint density at radius 3 is 2.86 bits per heavy atom. The summed E-state index contributed by atoms with van der Waals surface area (Å²) in [6, 6.07) is 8.01. The zero-order valence-electron chi connectivity index (χ0n) is 12.8. The summed E-state index contributed by atoms with van der Waals surface area (Å²) >= 11 is 0. The van der Waals surface area contributed by atoms with Gasteiger partial charge in [0.25, 0.3) is 0 Å². The molecule has 1 fully saturated rings. The van der Waals surface area contributed by atoms with E-state index in [1.165, 1.54) is 0 Å². The predicted molar refractivity (Wildman–Crippen MR) is 85.2 cm³/mol. The second-order valence-electron chi connectivity index (χ2n) is 5.87. The zero-order chi connectivity index (χ0) is 15.7. The molecule has 0 aliphatic carbocycles. The number of sulfone groups is 1. The quantitative estimate of drug-likeness (QED) is 0.868.